The molecule has 0 fully saturated rings. The van der Waals surface area contributed by atoms with E-state index in [0.717, 1.165) is 19.3 Å². The molecule has 3 aromatic carbocycles. The van der Waals surface area contributed by atoms with E-state index in [4.69, 9.17) is 27.9 Å². The summed E-state index contributed by atoms with van der Waals surface area (Å²) in [6, 6.07) is 13.0. The highest BCUT2D eigenvalue weighted by Gasteiger charge is 2.18. The lowest BCUT2D eigenvalue weighted by Gasteiger charge is -2.12. The van der Waals surface area contributed by atoms with Crippen LogP contribution in [-0.2, 0) is 4.74 Å². The average molecular weight is 545 g/mol. The highest BCUT2D eigenvalue weighted by Crippen LogP contribution is 2.34. The number of aromatic hydroxyl groups is 1. The van der Waals surface area contributed by atoms with Crippen LogP contribution < -0.4 is 5.32 Å². The Morgan fingerprint density at radius 2 is 1.46 bits per heavy atom. The maximum Gasteiger partial charge on any atom is 0.338 e. The lowest BCUT2D eigenvalue weighted by Crippen LogP contribution is -2.13. The molecule has 0 unspecified atom stereocenters. The van der Waals surface area contributed by atoms with Gasteiger partial charge in [0.2, 0.25) is 0 Å². The van der Waals surface area contributed by atoms with Gasteiger partial charge in [-0.3, -0.25) is 4.79 Å². The molecule has 7 heteroatoms. The summed E-state index contributed by atoms with van der Waals surface area (Å²) in [5.74, 6) is -1.24. The molecule has 0 atom stereocenters. The first-order valence-electron chi connectivity index (χ1n) is 13.1. The van der Waals surface area contributed by atoms with Crippen molar-refractivity contribution in [1.82, 2.24) is 0 Å². The van der Waals surface area contributed by atoms with Crippen molar-refractivity contribution < 1.29 is 19.4 Å². The molecule has 2 N–H and O–H groups in total. The predicted molar refractivity (Wildman–Crippen MR) is 152 cm³/mol. The van der Waals surface area contributed by atoms with Gasteiger partial charge in [0.25, 0.3) is 5.91 Å². The number of ether oxygens (including phenoxy) is 1. The van der Waals surface area contributed by atoms with Gasteiger partial charge in [-0.1, -0.05) is 112 Å². The summed E-state index contributed by atoms with van der Waals surface area (Å²) in [6.45, 7) is 2.57. The van der Waals surface area contributed by atoms with Gasteiger partial charge in [0.15, 0.2) is 0 Å². The minimum Gasteiger partial charge on any atom is -0.506 e. The molecule has 5 nitrogen and oxygen atoms in total. The van der Waals surface area contributed by atoms with Crippen LogP contribution in [0.15, 0.2) is 48.5 Å². The van der Waals surface area contributed by atoms with Crippen molar-refractivity contribution in [1.29, 1.82) is 0 Å². The third kappa shape index (κ3) is 8.65. The van der Waals surface area contributed by atoms with E-state index in [1.165, 1.54) is 69.2 Å². The van der Waals surface area contributed by atoms with E-state index in [2.05, 4.69) is 12.2 Å². The van der Waals surface area contributed by atoms with Crippen LogP contribution in [0.1, 0.15) is 91.8 Å². The van der Waals surface area contributed by atoms with Gasteiger partial charge in [-0.25, -0.2) is 4.79 Å². The Bertz CT molecular complexity index is 1210. The summed E-state index contributed by atoms with van der Waals surface area (Å²) in [7, 11) is 0. The number of hydrogen-bond acceptors (Lipinski definition) is 4. The summed E-state index contributed by atoms with van der Waals surface area (Å²) in [5.41, 5.74) is 0.580. The van der Waals surface area contributed by atoms with Crippen LogP contribution in [-0.4, -0.2) is 23.6 Å². The minimum absolute atomic E-state index is 0.0220. The van der Waals surface area contributed by atoms with Gasteiger partial charge in [-0.2, -0.15) is 0 Å². The monoisotopic (exact) mass is 543 g/mol. The number of fused-ring (bicyclic) bond motifs is 1. The summed E-state index contributed by atoms with van der Waals surface area (Å²) >= 11 is 12.5. The molecular weight excluding hydrogens is 509 g/mol. The molecule has 0 saturated carbocycles. The van der Waals surface area contributed by atoms with Gasteiger partial charge in [-0.15, -0.1) is 0 Å². The largest absolute Gasteiger partial charge is 0.506 e. The molecule has 0 aliphatic rings. The number of esters is 1. The van der Waals surface area contributed by atoms with E-state index >= 15 is 0 Å². The zero-order chi connectivity index (χ0) is 26.6. The van der Waals surface area contributed by atoms with E-state index in [-0.39, 0.29) is 21.9 Å². The maximum absolute atomic E-state index is 12.9. The lowest BCUT2D eigenvalue weighted by molar-refractivity contribution is 0.0497. The second-order valence-corrected chi connectivity index (χ2v) is 10.1. The molecule has 0 aliphatic heterocycles. The first kappa shape index (κ1) is 28.8. The second-order valence-electron chi connectivity index (χ2n) is 9.30. The topological polar surface area (TPSA) is 75.6 Å². The van der Waals surface area contributed by atoms with Crippen molar-refractivity contribution in [2.24, 2.45) is 0 Å². The molecule has 198 valence electrons. The molecule has 3 rings (SSSR count). The summed E-state index contributed by atoms with van der Waals surface area (Å²) in [4.78, 5) is 25.5. The molecule has 0 spiro atoms. The van der Waals surface area contributed by atoms with Gasteiger partial charge < -0.3 is 15.2 Å². The molecule has 0 bridgehead atoms. The molecule has 0 heterocycles. The molecule has 3 aromatic rings. The minimum atomic E-state index is -0.572. The number of nitrogens with one attached hydrogen (secondary N) is 1. The number of hydrogen-bond donors (Lipinski definition) is 2. The van der Waals surface area contributed by atoms with Crippen molar-refractivity contribution in [3.8, 4) is 5.75 Å². The van der Waals surface area contributed by atoms with Crippen LogP contribution in [0.4, 0.5) is 5.69 Å². The smallest absolute Gasteiger partial charge is 0.338 e. The molecule has 0 aromatic heterocycles. The fraction of sp³-hybridized carbons (Fsp3) is 0.400. The fourth-order valence-electron chi connectivity index (χ4n) is 4.30. The first-order valence-corrected chi connectivity index (χ1v) is 13.9. The maximum atomic E-state index is 12.9. The van der Waals surface area contributed by atoms with Crippen molar-refractivity contribution >= 4 is 51.5 Å². The average Bonchev–Trinajstić information content (AvgIpc) is 2.88. The summed E-state index contributed by atoms with van der Waals surface area (Å²) in [6.07, 6.45) is 12.0. The van der Waals surface area contributed by atoms with Crippen molar-refractivity contribution in [2.75, 3.05) is 11.9 Å². The number of amides is 1. The number of anilines is 1. The molecule has 0 saturated heterocycles. The number of phenolic OH excluding ortho intramolecular Hbond substituents is 1. The normalized spacial score (nSPS) is 11.0. The van der Waals surface area contributed by atoms with Crippen LogP contribution >= 0.6 is 23.2 Å². The number of unbranched alkanes of at least 4 members (excludes halogenated alkanes) is 9. The fourth-order valence-corrected chi connectivity index (χ4v) is 4.81. The Kier molecular flexibility index (Phi) is 11.6. The van der Waals surface area contributed by atoms with E-state index in [1.54, 1.807) is 24.3 Å². The number of rotatable bonds is 14. The number of phenols is 1. The second kappa shape index (κ2) is 14.8. The van der Waals surface area contributed by atoms with Crippen LogP contribution in [0.25, 0.3) is 10.8 Å². The van der Waals surface area contributed by atoms with Crippen LogP contribution in [0.5, 0.6) is 5.75 Å². The van der Waals surface area contributed by atoms with Crippen LogP contribution in [0.3, 0.4) is 0 Å². The molecule has 37 heavy (non-hydrogen) atoms. The highest BCUT2D eigenvalue weighted by atomic mass is 35.5. The van der Waals surface area contributed by atoms with Gasteiger partial charge >= 0.3 is 5.97 Å². The summed E-state index contributed by atoms with van der Waals surface area (Å²) < 4.78 is 5.42. The van der Waals surface area contributed by atoms with E-state index in [9.17, 15) is 14.7 Å². The van der Waals surface area contributed by atoms with Gasteiger partial charge in [0.05, 0.1) is 17.7 Å². The predicted octanol–water partition coefficient (Wildman–Crippen LogP) is 9.18. The van der Waals surface area contributed by atoms with E-state index in [0.29, 0.717) is 28.1 Å². The number of halogens is 2. The van der Waals surface area contributed by atoms with Gasteiger partial charge in [-0.05, 0) is 30.7 Å². The van der Waals surface area contributed by atoms with Crippen molar-refractivity contribution in [3.63, 3.8) is 0 Å². The van der Waals surface area contributed by atoms with Crippen molar-refractivity contribution in [2.45, 2.75) is 71.1 Å². The Morgan fingerprint density at radius 1 is 0.838 bits per heavy atom. The lowest BCUT2D eigenvalue weighted by atomic mass is 10.0. The molecule has 0 radical (unpaired) electrons. The Morgan fingerprint density at radius 3 is 2.14 bits per heavy atom. The third-order valence-corrected chi connectivity index (χ3v) is 6.86. The SMILES string of the molecule is CCCCCCCCCCCCOC(=O)c1cc(Cl)cc(NC(=O)c2cc(Cl)c3ccccc3c2O)c1. The Balaban J connectivity index is 1.50. The van der Waals surface area contributed by atoms with E-state index < -0.39 is 11.9 Å². The molecular formula is C30H35Cl2NO4. The third-order valence-electron chi connectivity index (χ3n) is 6.33. The van der Waals surface area contributed by atoms with Crippen molar-refractivity contribution in [3.05, 3.63) is 69.7 Å². The summed E-state index contributed by atoms with van der Waals surface area (Å²) in [5, 5.41) is 15.1. The Hall–Kier alpha value is -2.76. The standard InChI is InChI=1S/C30H35Cl2NO4/c1-2-3-4-5-6-7-8-9-10-13-16-37-30(36)21-17-22(31)19-23(18-21)33-29(35)26-20-27(32)24-14-11-12-15-25(24)28(26)34/h11-12,14-15,17-20,34H,2-10,13,16H2,1H3,(H,33,35). The van der Waals surface area contributed by atoms with E-state index in [1.807, 2.05) is 0 Å². The zero-order valence-electron chi connectivity index (χ0n) is 21.3. The van der Waals surface area contributed by atoms with Gasteiger partial charge in [0.1, 0.15) is 5.75 Å². The molecule has 1 amide bonds. The first-order chi connectivity index (χ1) is 17.9. The highest BCUT2D eigenvalue weighted by molar-refractivity contribution is 6.36. The number of carbonyl (C=O) groups excluding carboxylic acids is 2. The zero-order valence-corrected chi connectivity index (χ0v) is 22.8. The number of benzene rings is 3. The number of carbonyl (C=O) groups is 2. The van der Waals surface area contributed by atoms with Crippen LogP contribution in [0.2, 0.25) is 10.0 Å². The van der Waals surface area contributed by atoms with Crippen LogP contribution in [0, 0.1) is 0 Å². The molecule has 0 aliphatic carbocycles. The quantitative estimate of drug-likeness (QED) is 0.157. The van der Waals surface area contributed by atoms with Gasteiger partial charge in [0, 0.05) is 26.5 Å². The Labute approximate surface area is 229 Å².